The molecule has 5 nitrogen and oxygen atoms in total. The summed E-state index contributed by atoms with van der Waals surface area (Å²) in [5, 5.41) is 10.0. The second-order valence-corrected chi connectivity index (χ2v) is 5.96. The van der Waals surface area contributed by atoms with Gasteiger partial charge in [-0.2, -0.15) is 0 Å². The van der Waals surface area contributed by atoms with Crippen molar-refractivity contribution in [3.63, 3.8) is 0 Å². The van der Waals surface area contributed by atoms with Crippen molar-refractivity contribution in [1.29, 1.82) is 0 Å². The number of aromatic nitrogens is 2. The van der Waals surface area contributed by atoms with Crippen LogP contribution in [-0.4, -0.2) is 20.1 Å². The average molecular weight is 316 g/mol. The molecule has 0 aliphatic carbocycles. The molecule has 2 heterocycles. The molecule has 0 aliphatic rings. The summed E-state index contributed by atoms with van der Waals surface area (Å²) in [6.45, 7) is 1.81. The van der Waals surface area contributed by atoms with Crippen molar-refractivity contribution in [2.24, 2.45) is 0 Å². The number of aliphatic hydroxyl groups is 1. The van der Waals surface area contributed by atoms with Gasteiger partial charge in [-0.15, -0.1) is 11.3 Å². The molecule has 0 saturated heterocycles. The average Bonchev–Trinajstić information content (AvgIpc) is 2.75. The molecule has 5 N–H and O–H groups in total. The van der Waals surface area contributed by atoms with E-state index < -0.39 is 0 Å². The first-order valence-electron chi connectivity index (χ1n) is 6.13. The number of nitrogen functional groups attached to an aromatic ring is 2. The minimum Gasteiger partial charge on any atom is -0.498 e. The first-order chi connectivity index (χ1) is 9.97. The molecule has 0 radical (unpaired) electrons. The molecule has 1 aromatic carbocycles. The monoisotopic (exact) mass is 316 g/mol. The fourth-order valence-electron chi connectivity index (χ4n) is 2.18. The van der Waals surface area contributed by atoms with E-state index in [2.05, 4.69) is 9.97 Å². The highest BCUT2D eigenvalue weighted by Crippen LogP contribution is 2.38. The Kier molecular flexibility index (Phi) is 3.23. The van der Waals surface area contributed by atoms with Crippen molar-refractivity contribution >= 4 is 50.2 Å². The van der Waals surface area contributed by atoms with E-state index in [0.717, 1.165) is 5.56 Å². The lowest BCUT2D eigenvalue weighted by Gasteiger charge is -2.06. The fraction of sp³-hybridized carbons (Fsp3) is 0.0714. The van der Waals surface area contributed by atoms with Gasteiger partial charge in [0.2, 0.25) is 5.05 Å². The summed E-state index contributed by atoms with van der Waals surface area (Å²) in [6.07, 6.45) is 0. The van der Waals surface area contributed by atoms with Crippen molar-refractivity contribution in [1.82, 2.24) is 9.97 Å². The number of nitrogens with two attached hydrogens (primary N) is 2. The smallest absolute Gasteiger partial charge is 0.201 e. The molecule has 106 valence electrons. The van der Waals surface area contributed by atoms with Crippen LogP contribution in [0.1, 0.15) is 10.7 Å². The van der Waals surface area contributed by atoms with Crippen LogP contribution in [0.25, 0.3) is 21.5 Å². The number of nitrogens with zero attached hydrogens (tertiary/aromatic N) is 2. The van der Waals surface area contributed by atoms with E-state index in [9.17, 15) is 5.11 Å². The molecule has 3 rings (SSSR count). The van der Waals surface area contributed by atoms with Crippen molar-refractivity contribution in [2.75, 3.05) is 11.5 Å². The zero-order valence-corrected chi connectivity index (χ0v) is 12.8. The van der Waals surface area contributed by atoms with Crippen LogP contribution in [0.5, 0.6) is 0 Å². The Hall–Kier alpha value is -2.25. The third kappa shape index (κ3) is 2.30. The number of aryl methyl sites for hydroxylation is 1. The van der Waals surface area contributed by atoms with Gasteiger partial charge < -0.3 is 16.6 Å². The van der Waals surface area contributed by atoms with Gasteiger partial charge in [0.15, 0.2) is 0 Å². The van der Waals surface area contributed by atoms with Crippen LogP contribution in [0, 0.1) is 6.92 Å². The van der Waals surface area contributed by atoms with Crippen molar-refractivity contribution in [2.45, 2.75) is 6.92 Å². The quantitative estimate of drug-likeness (QED) is 0.496. The van der Waals surface area contributed by atoms with Gasteiger partial charge in [0.05, 0.1) is 16.8 Å². The predicted octanol–water partition coefficient (Wildman–Crippen LogP) is 3.06. The lowest BCUT2D eigenvalue weighted by atomic mass is 10.1. The SMILES string of the molecule is Cc1nc(-c2cccc(N)c2)c2c(N)c(C(O)=S)sc2n1. The molecule has 0 unspecified atom stereocenters. The van der Waals surface area contributed by atoms with E-state index in [1.165, 1.54) is 11.3 Å². The van der Waals surface area contributed by atoms with Gasteiger partial charge in [-0.3, -0.25) is 0 Å². The number of thiocarbonyl (C=S) groups is 1. The zero-order valence-electron chi connectivity index (χ0n) is 11.1. The Balaban J connectivity index is 2.39. The largest absolute Gasteiger partial charge is 0.498 e. The summed E-state index contributed by atoms with van der Waals surface area (Å²) in [5.41, 5.74) is 14.5. The van der Waals surface area contributed by atoms with E-state index in [1.54, 1.807) is 6.07 Å². The molecule has 0 spiro atoms. The summed E-state index contributed by atoms with van der Waals surface area (Å²) in [6, 6.07) is 7.40. The molecule has 0 atom stereocenters. The first kappa shape index (κ1) is 13.7. The second kappa shape index (κ2) is 4.94. The van der Waals surface area contributed by atoms with E-state index in [1.807, 2.05) is 25.1 Å². The molecule has 21 heavy (non-hydrogen) atoms. The van der Waals surface area contributed by atoms with Crippen LogP contribution >= 0.6 is 23.6 Å². The van der Waals surface area contributed by atoms with Crippen LogP contribution in [0.4, 0.5) is 11.4 Å². The van der Waals surface area contributed by atoms with Gasteiger partial charge in [-0.1, -0.05) is 12.1 Å². The van der Waals surface area contributed by atoms with Gasteiger partial charge in [0, 0.05) is 11.3 Å². The van der Waals surface area contributed by atoms with Gasteiger partial charge in [0.1, 0.15) is 15.5 Å². The highest BCUT2D eigenvalue weighted by Gasteiger charge is 2.19. The highest BCUT2D eigenvalue weighted by molar-refractivity contribution is 7.80. The number of benzene rings is 1. The molecular weight excluding hydrogens is 304 g/mol. The maximum atomic E-state index is 9.57. The van der Waals surface area contributed by atoms with Gasteiger partial charge in [-0.05, 0) is 31.3 Å². The molecule has 3 aromatic rings. The summed E-state index contributed by atoms with van der Waals surface area (Å²) in [4.78, 5) is 10.0. The molecule has 7 heteroatoms. The maximum absolute atomic E-state index is 9.57. The molecular formula is C14H12N4OS2. The van der Waals surface area contributed by atoms with Gasteiger partial charge >= 0.3 is 0 Å². The lowest BCUT2D eigenvalue weighted by molar-refractivity contribution is 0.573. The number of rotatable bonds is 2. The Bertz CT molecular complexity index is 873. The zero-order chi connectivity index (χ0) is 15.1. The summed E-state index contributed by atoms with van der Waals surface area (Å²) >= 11 is 6.08. The van der Waals surface area contributed by atoms with Crippen LogP contribution < -0.4 is 11.5 Å². The number of thiophene rings is 1. The lowest BCUT2D eigenvalue weighted by Crippen LogP contribution is -1.98. The third-order valence-electron chi connectivity index (χ3n) is 3.05. The minimum absolute atomic E-state index is 0.230. The highest BCUT2D eigenvalue weighted by atomic mass is 32.1. The molecule has 0 saturated carbocycles. The van der Waals surface area contributed by atoms with E-state index in [4.69, 9.17) is 23.7 Å². The van der Waals surface area contributed by atoms with Crippen molar-refractivity contribution in [3.05, 3.63) is 35.0 Å². The fourth-order valence-corrected chi connectivity index (χ4v) is 3.40. The van der Waals surface area contributed by atoms with Crippen LogP contribution in [0.3, 0.4) is 0 Å². The maximum Gasteiger partial charge on any atom is 0.201 e. The van der Waals surface area contributed by atoms with Crippen LogP contribution in [0.15, 0.2) is 24.3 Å². The minimum atomic E-state index is -0.230. The first-order valence-corrected chi connectivity index (χ1v) is 7.35. The Morgan fingerprint density at radius 1 is 1.29 bits per heavy atom. The third-order valence-corrected chi connectivity index (χ3v) is 4.49. The second-order valence-electron chi connectivity index (χ2n) is 4.58. The van der Waals surface area contributed by atoms with E-state index >= 15 is 0 Å². The van der Waals surface area contributed by atoms with E-state index in [0.29, 0.717) is 38.0 Å². The predicted molar refractivity (Wildman–Crippen MR) is 90.7 cm³/mol. The molecule has 0 fully saturated rings. The van der Waals surface area contributed by atoms with Gasteiger partial charge in [-0.25, -0.2) is 9.97 Å². The molecule has 0 bridgehead atoms. The number of anilines is 2. The normalized spacial score (nSPS) is 10.9. The van der Waals surface area contributed by atoms with Crippen molar-refractivity contribution in [3.8, 4) is 11.3 Å². The number of aliphatic hydroxyl groups excluding tert-OH is 1. The Morgan fingerprint density at radius 3 is 2.71 bits per heavy atom. The van der Waals surface area contributed by atoms with Crippen LogP contribution in [0.2, 0.25) is 0 Å². The molecule has 2 aromatic heterocycles. The Morgan fingerprint density at radius 2 is 2.05 bits per heavy atom. The number of hydrogen-bond acceptors (Lipinski definition) is 6. The molecule has 0 aliphatic heterocycles. The summed E-state index contributed by atoms with van der Waals surface area (Å²) < 4.78 is 0. The topological polar surface area (TPSA) is 98.0 Å². The van der Waals surface area contributed by atoms with E-state index in [-0.39, 0.29) is 5.05 Å². The van der Waals surface area contributed by atoms with Crippen LogP contribution in [-0.2, 0) is 0 Å². The van der Waals surface area contributed by atoms with Gasteiger partial charge in [0.25, 0.3) is 0 Å². The van der Waals surface area contributed by atoms with Crippen molar-refractivity contribution < 1.29 is 5.11 Å². The number of hydrogen-bond donors (Lipinski definition) is 3. The standard InChI is InChI=1S/C14H12N4OS2/c1-6-17-11(7-3-2-4-8(15)5-7)9-10(16)12(14(19)20)21-13(9)18-6/h2-5H,15-16H2,1H3,(H,19,20). The molecule has 0 amide bonds. The summed E-state index contributed by atoms with van der Waals surface area (Å²) in [7, 11) is 0. The summed E-state index contributed by atoms with van der Waals surface area (Å²) in [5.74, 6) is 0.622. The number of fused-ring (bicyclic) bond motifs is 1. The Labute approximate surface area is 130 Å².